The maximum Gasteiger partial charge on any atom is 0.320 e. The first-order valence-corrected chi connectivity index (χ1v) is 7.92. The summed E-state index contributed by atoms with van der Waals surface area (Å²) in [5, 5.41) is 8.85. The summed E-state index contributed by atoms with van der Waals surface area (Å²) in [6.45, 7) is 3.71. The topological polar surface area (TPSA) is 60.9 Å². The molecule has 1 aliphatic carbocycles. The highest BCUT2D eigenvalue weighted by Gasteiger charge is 2.37. The van der Waals surface area contributed by atoms with Crippen molar-refractivity contribution in [2.24, 2.45) is 0 Å². The minimum absolute atomic E-state index is 0.116. The number of carbonyl (C=O) groups excluding carboxylic acids is 1. The van der Waals surface area contributed by atoms with Gasteiger partial charge in [-0.1, -0.05) is 6.92 Å². The number of nitrogens with zero attached hydrogens (tertiary/aromatic N) is 2. The predicted molar refractivity (Wildman–Crippen MR) is 76.6 cm³/mol. The molecule has 1 heterocycles. The van der Waals surface area contributed by atoms with E-state index < -0.39 is 5.97 Å². The van der Waals surface area contributed by atoms with Crippen LogP contribution in [0.2, 0.25) is 0 Å². The minimum Gasteiger partial charge on any atom is -0.481 e. The van der Waals surface area contributed by atoms with Crippen molar-refractivity contribution >= 4 is 12.0 Å². The quantitative estimate of drug-likeness (QED) is 0.814. The predicted octanol–water partition coefficient (Wildman–Crippen LogP) is 2.70. The molecule has 5 heteroatoms. The Bertz CT molecular complexity index is 355. The largest absolute Gasteiger partial charge is 0.481 e. The molecule has 2 fully saturated rings. The van der Waals surface area contributed by atoms with E-state index in [1.54, 1.807) is 0 Å². The van der Waals surface area contributed by atoms with Crippen molar-refractivity contribution in [3.63, 3.8) is 0 Å². The number of hydrogen-bond acceptors (Lipinski definition) is 2. The molecule has 1 atom stereocenters. The lowest BCUT2D eigenvalue weighted by molar-refractivity contribution is -0.137. The third kappa shape index (κ3) is 3.87. The van der Waals surface area contributed by atoms with Gasteiger partial charge in [0, 0.05) is 31.6 Å². The smallest absolute Gasteiger partial charge is 0.320 e. The Labute approximate surface area is 120 Å². The van der Waals surface area contributed by atoms with E-state index >= 15 is 0 Å². The third-order valence-corrected chi connectivity index (χ3v) is 4.26. The summed E-state index contributed by atoms with van der Waals surface area (Å²) >= 11 is 0. The maximum atomic E-state index is 12.7. The van der Waals surface area contributed by atoms with Gasteiger partial charge in [-0.25, -0.2) is 4.79 Å². The number of carboxylic acids is 1. The first-order chi connectivity index (χ1) is 9.63. The summed E-state index contributed by atoms with van der Waals surface area (Å²) in [5.41, 5.74) is 0. The zero-order valence-electron chi connectivity index (χ0n) is 12.4. The SMILES string of the molecule is CCCN(C(=O)N1CCCCC1CCC(=O)O)C1CC1. The number of amides is 2. The molecule has 5 nitrogen and oxygen atoms in total. The van der Waals surface area contributed by atoms with E-state index in [-0.39, 0.29) is 18.5 Å². The number of urea groups is 1. The van der Waals surface area contributed by atoms with Crippen LogP contribution < -0.4 is 0 Å². The normalized spacial score (nSPS) is 22.6. The average Bonchev–Trinajstić information content (AvgIpc) is 3.26. The number of rotatable bonds is 6. The van der Waals surface area contributed by atoms with Crippen molar-refractivity contribution in [1.82, 2.24) is 9.80 Å². The molecule has 1 aliphatic heterocycles. The van der Waals surface area contributed by atoms with E-state index in [0.717, 1.165) is 51.6 Å². The van der Waals surface area contributed by atoms with Crippen molar-refractivity contribution in [3.8, 4) is 0 Å². The first-order valence-electron chi connectivity index (χ1n) is 7.92. The number of carbonyl (C=O) groups is 2. The fourth-order valence-corrected chi connectivity index (χ4v) is 3.07. The van der Waals surface area contributed by atoms with Gasteiger partial charge in [0.2, 0.25) is 0 Å². The number of carboxylic acid groups (broad SMARTS) is 1. The van der Waals surface area contributed by atoms with Gasteiger partial charge in [0.05, 0.1) is 0 Å². The van der Waals surface area contributed by atoms with Gasteiger partial charge in [0.25, 0.3) is 0 Å². The second-order valence-corrected chi connectivity index (χ2v) is 5.98. The Morgan fingerprint density at radius 1 is 1.25 bits per heavy atom. The molecule has 114 valence electrons. The monoisotopic (exact) mass is 282 g/mol. The van der Waals surface area contributed by atoms with Crippen LogP contribution in [0, 0.1) is 0 Å². The molecule has 2 aliphatic rings. The van der Waals surface area contributed by atoms with Gasteiger partial charge in [-0.3, -0.25) is 4.79 Å². The molecule has 20 heavy (non-hydrogen) atoms. The molecule has 1 N–H and O–H groups in total. The van der Waals surface area contributed by atoms with Crippen LogP contribution in [0.4, 0.5) is 4.79 Å². The summed E-state index contributed by atoms with van der Waals surface area (Å²) in [7, 11) is 0. The Morgan fingerprint density at radius 3 is 2.60 bits per heavy atom. The molecule has 1 saturated carbocycles. The van der Waals surface area contributed by atoms with Gasteiger partial charge in [-0.05, 0) is 44.9 Å². The van der Waals surface area contributed by atoms with Crippen LogP contribution in [0.15, 0.2) is 0 Å². The highest BCUT2D eigenvalue weighted by Crippen LogP contribution is 2.30. The lowest BCUT2D eigenvalue weighted by Gasteiger charge is -2.39. The molecule has 2 amide bonds. The number of likely N-dealkylation sites (tertiary alicyclic amines) is 1. The fraction of sp³-hybridized carbons (Fsp3) is 0.867. The van der Waals surface area contributed by atoms with E-state index in [2.05, 4.69) is 6.92 Å². The highest BCUT2D eigenvalue weighted by atomic mass is 16.4. The van der Waals surface area contributed by atoms with E-state index in [9.17, 15) is 9.59 Å². The van der Waals surface area contributed by atoms with Crippen LogP contribution in [0.1, 0.15) is 58.3 Å². The van der Waals surface area contributed by atoms with Gasteiger partial charge < -0.3 is 14.9 Å². The van der Waals surface area contributed by atoms with Gasteiger partial charge in [0.1, 0.15) is 0 Å². The van der Waals surface area contributed by atoms with Crippen molar-refractivity contribution < 1.29 is 14.7 Å². The van der Waals surface area contributed by atoms with Crippen molar-refractivity contribution in [2.75, 3.05) is 13.1 Å². The summed E-state index contributed by atoms with van der Waals surface area (Å²) in [6.07, 6.45) is 7.07. The van der Waals surface area contributed by atoms with Gasteiger partial charge in [-0.15, -0.1) is 0 Å². The van der Waals surface area contributed by atoms with Crippen molar-refractivity contribution in [3.05, 3.63) is 0 Å². The molecule has 0 bridgehead atoms. The lowest BCUT2D eigenvalue weighted by atomic mass is 9.98. The van der Waals surface area contributed by atoms with Crippen LogP contribution in [-0.2, 0) is 4.79 Å². The maximum absolute atomic E-state index is 12.7. The van der Waals surface area contributed by atoms with Gasteiger partial charge >= 0.3 is 12.0 Å². The Balaban J connectivity index is 1.97. The number of hydrogen-bond donors (Lipinski definition) is 1. The average molecular weight is 282 g/mol. The van der Waals surface area contributed by atoms with Crippen LogP contribution >= 0.6 is 0 Å². The van der Waals surface area contributed by atoms with E-state index in [4.69, 9.17) is 5.11 Å². The Kier molecular flexibility index (Phi) is 5.26. The number of aliphatic carboxylic acids is 1. The molecule has 1 saturated heterocycles. The molecular formula is C15H26N2O3. The summed E-state index contributed by atoms with van der Waals surface area (Å²) in [5.74, 6) is -0.768. The molecule has 0 aromatic carbocycles. The van der Waals surface area contributed by atoms with Crippen LogP contribution in [0.25, 0.3) is 0 Å². The van der Waals surface area contributed by atoms with Crippen molar-refractivity contribution in [1.29, 1.82) is 0 Å². The highest BCUT2D eigenvalue weighted by molar-refractivity contribution is 5.76. The molecular weight excluding hydrogens is 256 g/mol. The lowest BCUT2D eigenvalue weighted by Crippen LogP contribution is -2.51. The van der Waals surface area contributed by atoms with Crippen LogP contribution in [0.5, 0.6) is 0 Å². The molecule has 0 radical (unpaired) electrons. The van der Waals surface area contributed by atoms with Crippen LogP contribution in [-0.4, -0.2) is 52.1 Å². The third-order valence-electron chi connectivity index (χ3n) is 4.26. The van der Waals surface area contributed by atoms with Crippen LogP contribution in [0.3, 0.4) is 0 Å². The van der Waals surface area contributed by atoms with Gasteiger partial charge in [0.15, 0.2) is 0 Å². The molecule has 0 aromatic rings. The second kappa shape index (κ2) is 6.95. The van der Waals surface area contributed by atoms with E-state index in [1.165, 1.54) is 0 Å². The Hall–Kier alpha value is -1.26. The summed E-state index contributed by atoms with van der Waals surface area (Å²) in [6, 6.07) is 0.694. The molecule has 0 aromatic heterocycles. The van der Waals surface area contributed by atoms with Crippen molar-refractivity contribution in [2.45, 2.75) is 70.4 Å². The van der Waals surface area contributed by atoms with E-state index in [1.807, 2.05) is 9.80 Å². The minimum atomic E-state index is -0.768. The Morgan fingerprint density at radius 2 is 2.00 bits per heavy atom. The van der Waals surface area contributed by atoms with Gasteiger partial charge in [-0.2, -0.15) is 0 Å². The number of piperidine rings is 1. The first kappa shape index (κ1) is 15.1. The fourth-order valence-electron chi connectivity index (χ4n) is 3.07. The molecule has 2 rings (SSSR count). The van der Waals surface area contributed by atoms with E-state index in [0.29, 0.717) is 12.5 Å². The second-order valence-electron chi connectivity index (χ2n) is 5.98. The standard InChI is InChI=1S/C15H26N2O3/c1-2-10-16(13-6-7-13)15(20)17-11-4-3-5-12(17)8-9-14(18)19/h12-13H,2-11H2,1H3,(H,18,19). The molecule has 0 spiro atoms. The summed E-state index contributed by atoms with van der Waals surface area (Å²) < 4.78 is 0. The zero-order chi connectivity index (χ0) is 14.5. The summed E-state index contributed by atoms with van der Waals surface area (Å²) in [4.78, 5) is 27.4. The zero-order valence-corrected chi connectivity index (χ0v) is 12.4. The molecule has 1 unspecified atom stereocenters.